The van der Waals surface area contributed by atoms with Crippen molar-refractivity contribution < 1.29 is 5.73 Å². The fourth-order valence-electron chi connectivity index (χ4n) is 2.59. The van der Waals surface area contributed by atoms with Crippen LogP contribution in [0.1, 0.15) is 22.8 Å². The number of hydrogen-bond acceptors (Lipinski definition) is 4. The highest BCUT2D eigenvalue weighted by atomic mass is 15.1. The number of nitrogens with zero attached hydrogens (tertiary/aromatic N) is 4. The molecule has 3 N–H and O–H groups in total. The topological polar surface area (TPSA) is 69.6 Å². The van der Waals surface area contributed by atoms with Crippen molar-refractivity contribution in [3.8, 4) is 0 Å². The maximum absolute atomic E-state index is 4.67. The zero-order chi connectivity index (χ0) is 16.6. The number of aromatic nitrogens is 3. The van der Waals surface area contributed by atoms with E-state index in [0.717, 1.165) is 42.4 Å². The molecule has 0 amide bonds. The summed E-state index contributed by atoms with van der Waals surface area (Å²) in [5.41, 5.74) is 8.06. The van der Waals surface area contributed by atoms with Crippen LogP contribution in [-0.2, 0) is 26.2 Å². The summed E-state index contributed by atoms with van der Waals surface area (Å²) in [4.78, 5) is 15.9. The zero-order valence-corrected chi connectivity index (χ0v) is 13.7. The predicted molar refractivity (Wildman–Crippen MR) is 92.3 cm³/mol. The second kappa shape index (κ2) is 8.29. The van der Waals surface area contributed by atoms with E-state index in [1.165, 1.54) is 0 Å². The fraction of sp³-hybridized carbons (Fsp3) is 0.211. The van der Waals surface area contributed by atoms with E-state index in [1.54, 1.807) is 0 Å². The van der Waals surface area contributed by atoms with Gasteiger partial charge in [-0.25, -0.2) is 0 Å². The maximum Gasteiger partial charge on any atom is 0.117 e. The normalized spacial score (nSPS) is 10.9. The fourth-order valence-corrected chi connectivity index (χ4v) is 2.59. The molecule has 0 saturated heterocycles. The summed E-state index contributed by atoms with van der Waals surface area (Å²) >= 11 is 0. The van der Waals surface area contributed by atoms with Gasteiger partial charge in [-0.05, 0) is 36.4 Å². The number of rotatable bonds is 7. The standard InChI is InChI=1S/C19H21N5/c20-12-16-8-5-9-19(23-16)15-24(13-17-6-1-3-10-21-17)14-18-7-2-4-11-22-18/h1-11H,12-15,20H2/p+1. The largest absolute Gasteiger partial charge is 0.353 e. The lowest BCUT2D eigenvalue weighted by molar-refractivity contribution is -0.387. The smallest absolute Gasteiger partial charge is 0.117 e. The Morgan fingerprint density at radius 2 is 1.21 bits per heavy atom. The Kier molecular flexibility index (Phi) is 5.61. The van der Waals surface area contributed by atoms with E-state index >= 15 is 0 Å². The van der Waals surface area contributed by atoms with E-state index < -0.39 is 0 Å². The monoisotopic (exact) mass is 320 g/mol. The first-order chi connectivity index (χ1) is 11.8. The minimum absolute atomic E-state index is 0.703. The van der Waals surface area contributed by atoms with Crippen molar-refractivity contribution in [1.82, 2.24) is 19.9 Å². The molecule has 24 heavy (non-hydrogen) atoms. The zero-order valence-electron chi connectivity index (χ0n) is 13.7. The first-order valence-corrected chi connectivity index (χ1v) is 8.10. The molecule has 0 atom stereocenters. The minimum Gasteiger partial charge on any atom is -0.353 e. The van der Waals surface area contributed by atoms with Crippen molar-refractivity contribution in [2.45, 2.75) is 26.2 Å². The molecule has 3 aromatic heterocycles. The van der Waals surface area contributed by atoms with Gasteiger partial charge in [-0.2, -0.15) is 0 Å². The molecule has 3 rings (SSSR count). The van der Waals surface area contributed by atoms with Crippen molar-refractivity contribution in [2.24, 2.45) is 0 Å². The lowest BCUT2D eigenvalue weighted by atomic mass is 10.2. The molecule has 0 bridgehead atoms. The number of quaternary nitrogens is 1. The summed E-state index contributed by atoms with van der Waals surface area (Å²) in [6.45, 7) is 2.97. The highest BCUT2D eigenvalue weighted by Gasteiger charge is 2.11. The Morgan fingerprint density at radius 1 is 0.667 bits per heavy atom. The van der Waals surface area contributed by atoms with Crippen LogP contribution in [0.5, 0.6) is 0 Å². The van der Waals surface area contributed by atoms with Gasteiger partial charge in [0.1, 0.15) is 6.54 Å². The Labute approximate surface area is 142 Å². The van der Waals surface area contributed by atoms with Crippen LogP contribution in [0.4, 0.5) is 0 Å². The van der Waals surface area contributed by atoms with E-state index in [2.05, 4.69) is 31.7 Å². The van der Waals surface area contributed by atoms with Gasteiger partial charge in [0.2, 0.25) is 0 Å². The minimum atomic E-state index is 0.703. The van der Waals surface area contributed by atoms with Gasteiger partial charge in [0.25, 0.3) is 0 Å². The summed E-state index contributed by atoms with van der Waals surface area (Å²) in [5.74, 6) is 0. The summed E-state index contributed by atoms with van der Waals surface area (Å²) in [6, 6.07) is 18.1. The lowest BCUT2D eigenvalue weighted by Gasteiger charge is -2.21. The van der Waals surface area contributed by atoms with Gasteiger partial charge in [-0.15, -0.1) is 0 Å². The summed E-state index contributed by atoms with van der Waals surface area (Å²) in [5, 5.41) is 0. The van der Waals surface area contributed by atoms with Crippen molar-refractivity contribution in [1.29, 1.82) is 0 Å². The predicted octanol–water partition coefficient (Wildman–Crippen LogP) is 1.82. The van der Waals surface area contributed by atoms with Crippen LogP contribution in [0.15, 0.2) is 67.0 Å². The van der Waals surface area contributed by atoms with Crippen molar-refractivity contribution in [3.05, 3.63) is 89.8 Å². The van der Waals surface area contributed by atoms with Gasteiger partial charge in [-0.3, -0.25) is 19.9 Å². The van der Waals surface area contributed by atoms with Crippen LogP contribution in [0.2, 0.25) is 0 Å². The van der Waals surface area contributed by atoms with Crippen LogP contribution >= 0.6 is 0 Å². The van der Waals surface area contributed by atoms with Gasteiger partial charge in [0.15, 0.2) is 0 Å². The molecule has 0 fully saturated rings. The van der Waals surface area contributed by atoms with Gasteiger partial charge in [-0.1, -0.05) is 18.2 Å². The first kappa shape index (κ1) is 16.2. The molecular formula is C19H22N5+. The Morgan fingerprint density at radius 3 is 1.75 bits per heavy atom. The van der Waals surface area contributed by atoms with Gasteiger partial charge < -0.3 is 5.73 Å². The van der Waals surface area contributed by atoms with Gasteiger partial charge in [0.05, 0.1) is 22.8 Å². The van der Waals surface area contributed by atoms with Crippen molar-refractivity contribution in [2.75, 3.05) is 0 Å². The molecule has 0 radical (unpaired) electrons. The molecule has 122 valence electrons. The molecule has 0 spiro atoms. The van der Waals surface area contributed by atoms with Crippen molar-refractivity contribution >= 4 is 0 Å². The summed E-state index contributed by atoms with van der Waals surface area (Å²) in [6.07, 6.45) is 3.66. The summed E-state index contributed by atoms with van der Waals surface area (Å²) in [7, 11) is 0. The molecule has 5 nitrogen and oxygen atoms in total. The molecule has 0 unspecified atom stereocenters. The lowest BCUT2D eigenvalue weighted by Crippen LogP contribution is -2.47. The molecule has 0 aliphatic carbocycles. The number of hydrogen-bond donors (Lipinski definition) is 1. The average molecular weight is 320 g/mol. The molecule has 0 saturated carbocycles. The van der Waals surface area contributed by atoms with Gasteiger partial charge >= 0.3 is 0 Å². The van der Waals surface area contributed by atoms with E-state index in [1.807, 2.05) is 60.9 Å². The Hall–Kier alpha value is -2.63. The van der Waals surface area contributed by atoms with E-state index in [-0.39, 0.29) is 0 Å². The molecule has 0 aliphatic rings. The van der Waals surface area contributed by atoms with Crippen LogP contribution in [0.3, 0.4) is 0 Å². The Bertz CT molecular complexity index is 704. The quantitative estimate of drug-likeness (QED) is 0.721. The molecule has 5 heteroatoms. The van der Waals surface area contributed by atoms with E-state index in [4.69, 9.17) is 0 Å². The van der Waals surface area contributed by atoms with E-state index in [0.29, 0.717) is 6.54 Å². The SMILES string of the molecule is [NH3+]Cc1cccc(CN(Cc2ccccn2)Cc2ccccn2)n1. The molecular weight excluding hydrogens is 298 g/mol. The highest BCUT2D eigenvalue weighted by molar-refractivity contribution is 5.12. The number of pyridine rings is 3. The van der Waals surface area contributed by atoms with Crippen molar-refractivity contribution in [3.63, 3.8) is 0 Å². The summed E-state index contributed by atoms with van der Waals surface area (Å²) < 4.78 is 0. The maximum atomic E-state index is 4.67. The Balaban J connectivity index is 1.78. The first-order valence-electron chi connectivity index (χ1n) is 8.10. The molecule has 0 aliphatic heterocycles. The average Bonchev–Trinajstić information content (AvgIpc) is 2.63. The third-order valence-corrected chi connectivity index (χ3v) is 3.73. The van der Waals surface area contributed by atoms with Crippen LogP contribution in [0.25, 0.3) is 0 Å². The molecule has 3 heterocycles. The third-order valence-electron chi connectivity index (χ3n) is 3.73. The van der Waals surface area contributed by atoms with Crippen LogP contribution in [0, 0.1) is 0 Å². The third kappa shape index (κ3) is 4.68. The van der Waals surface area contributed by atoms with Gasteiger partial charge in [0, 0.05) is 32.0 Å². The second-order valence-corrected chi connectivity index (χ2v) is 5.66. The van der Waals surface area contributed by atoms with E-state index in [9.17, 15) is 0 Å². The molecule has 0 aromatic carbocycles. The second-order valence-electron chi connectivity index (χ2n) is 5.66. The molecule has 3 aromatic rings. The van der Waals surface area contributed by atoms with Crippen LogP contribution in [-0.4, -0.2) is 19.9 Å². The van der Waals surface area contributed by atoms with Crippen LogP contribution < -0.4 is 5.73 Å². The highest BCUT2D eigenvalue weighted by Crippen LogP contribution is 2.11.